The third-order valence-corrected chi connectivity index (χ3v) is 12.2. The molecule has 5 heterocycles. The molecule has 0 saturated carbocycles. The first kappa shape index (κ1) is 40.6. The van der Waals surface area contributed by atoms with Gasteiger partial charge in [-0.1, -0.05) is 89.5 Å². The van der Waals surface area contributed by atoms with E-state index in [0.717, 1.165) is 89.4 Å². The molecule has 0 saturated heterocycles. The van der Waals surface area contributed by atoms with Gasteiger partial charge in [-0.05, 0) is 199 Å². The van der Waals surface area contributed by atoms with Gasteiger partial charge in [0.15, 0.2) is 0 Å². The fourth-order valence-corrected chi connectivity index (χ4v) is 9.85. The van der Waals surface area contributed by atoms with Crippen LogP contribution in [-0.2, 0) is 19.5 Å². The van der Waals surface area contributed by atoms with Gasteiger partial charge >= 0.3 is 19.5 Å². The maximum absolute atomic E-state index is 5.56. The maximum Gasteiger partial charge on any atom is 2.00 e. The van der Waals surface area contributed by atoms with Crippen molar-refractivity contribution in [3.05, 3.63) is 161 Å². The summed E-state index contributed by atoms with van der Waals surface area (Å²) in [6.07, 6.45) is 8.65. The molecule has 7 aromatic rings. The molecule has 0 fully saturated rings. The van der Waals surface area contributed by atoms with Crippen LogP contribution in [0.1, 0.15) is 72.8 Å². The van der Waals surface area contributed by atoms with Gasteiger partial charge in [0, 0.05) is 3.57 Å². The summed E-state index contributed by atoms with van der Waals surface area (Å²) in [6, 6.07) is 30.9. The number of benzene rings is 4. The second kappa shape index (κ2) is 15.8. The zero-order chi connectivity index (χ0) is 40.6. The molecular weight excluding hydrogens is 885 g/mol. The van der Waals surface area contributed by atoms with E-state index in [9.17, 15) is 0 Å². The number of nitrogens with zero attached hydrogens (tertiary/aromatic N) is 4. The van der Waals surface area contributed by atoms with E-state index in [1.165, 1.54) is 53.6 Å². The van der Waals surface area contributed by atoms with E-state index >= 15 is 0 Å². The fraction of sp³-hybridized carbons (Fsp3) is 0.170. The average molecular weight is 930 g/mol. The van der Waals surface area contributed by atoms with Crippen LogP contribution >= 0.6 is 22.6 Å². The van der Waals surface area contributed by atoms with Crippen molar-refractivity contribution in [1.82, 2.24) is 19.9 Å². The van der Waals surface area contributed by atoms with Gasteiger partial charge in [-0.2, -0.15) is 0 Å². The minimum absolute atomic E-state index is 0. The molecule has 8 bridgehead atoms. The molecule has 0 amide bonds. The van der Waals surface area contributed by atoms with Gasteiger partial charge in [-0.3, -0.25) is 0 Å². The quantitative estimate of drug-likeness (QED) is 0.130. The van der Waals surface area contributed by atoms with Gasteiger partial charge in [0.05, 0.1) is 22.8 Å². The van der Waals surface area contributed by atoms with Crippen LogP contribution in [0.5, 0.6) is 0 Å². The van der Waals surface area contributed by atoms with Crippen molar-refractivity contribution >= 4 is 69.0 Å². The van der Waals surface area contributed by atoms with Gasteiger partial charge < -0.3 is 9.97 Å². The molecule has 4 aromatic carbocycles. The second-order valence-electron chi connectivity index (χ2n) is 16.2. The fourth-order valence-electron chi connectivity index (χ4n) is 9.49. The number of rotatable bonds is 4. The summed E-state index contributed by atoms with van der Waals surface area (Å²) in [5, 5.41) is 0. The van der Waals surface area contributed by atoms with Gasteiger partial charge in [-0.15, -0.1) is 22.1 Å². The largest absolute Gasteiger partial charge is 2.00 e. The topological polar surface area (TPSA) is 54.0 Å². The minimum Gasteiger partial charge on any atom is -0.657 e. The van der Waals surface area contributed by atoms with Crippen LogP contribution < -0.4 is 9.97 Å². The van der Waals surface area contributed by atoms with Gasteiger partial charge in [0.1, 0.15) is 0 Å². The molecule has 0 radical (unpaired) electrons. The van der Waals surface area contributed by atoms with E-state index in [4.69, 9.17) is 19.9 Å². The van der Waals surface area contributed by atoms with E-state index in [1.54, 1.807) is 0 Å². The van der Waals surface area contributed by atoms with Crippen LogP contribution in [-0.4, -0.2) is 9.97 Å². The molecule has 4 nitrogen and oxygen atoms in total. The van der Waals surface area contributed by atoms with Crippen LogP contribution in [0.15, 0.2) is 84.9 Å². The first-order chi connectivity index (χ1) is 27.8. The second-order valence-corrected chi connectivity index (χ2v) is 17.4. The Bertz CT molecular complexity index is 2980. The number of hydrogen-bond acceptors (Lipinski definition) is 2. The van der Waals surface area contributed by atoms with Crippen molar-refractivity contribution in [3.8, 4) is 44.5 Å². The number of aryl methyl sites for hydroxylation is 9. The molecule has 0 aliphatic carbocycles. The first-order valence-corrected chi connectivity index (χ1v) is 21.0. The Balaban J connectivity index is 0.00000484. The van der Waals surface area contributed by atoms with Crippen LogP contribution in [0.3, 0.4) is 0 Å². The maximum atomic E-state index is 5.56. The molecule has 286 valence electrons. The Hall–Kier alpha value is -5.17. The molecule has 3 aromatic heterocycles. The van der Waals surface area contributed by atoms with E-state index in [0.29, 0.717) is 0 Å². The normalized spacial score (nSPS) is 12.0. The third kappa shape index (κ3) is 7.29. The van der Waals surface area contributed by atoms with Crippen molar-refractivity contribution in [3.63, 3.8) is 0 Å². The summed E-state index contributed by atoms with van der Waals surface area (Å²) in [6.45, 7) is 19.7. The molecule has 0 unspecified atom stereocenters. The molecule has 0 atom stereocenters. The number of hydrogen-bond donors (Lipinski definition) is 0. The monoisotopic (exact) mass is 928 g/mol. The molecule has 0 spiro atoms. The van der Waals surface area contributed by atoms with Gasteiger partial charge in [-0.25, -0.2) is 9.97 Å². The SMILES string of the molecule is Cc1cc(C)c(-c2c3nc(c(-c4c(C)cc(C)cc4C)c4ccc([n-]4)c(-c4c(C)cc(C)cc4C)c4nc(c(-c5ccc(I)cc5)c5ccc2[n-]5)C=C4)C=C3)c(C)c1.[Zn+2]. The predicted octanol–water partition coefficient (Wildman–Crippen LogP) is 14.0. The van der Waals surface area contributed by atoms with Crippen molar-refractivity contribution in [2.24, 2.45) is 0 Å². The summed E-state index contributed by atoms with van der Waals surface area (Å²) in [4.78, 5) is 22.1. The number of halogens is 1. The van der Waals surface area contributed by atoms with Gasteiger partial charge in [0.25, 0.3) is 0 Å². The molecule has 2 aliphatic rings. The van der Waals surface area contributed by atoms with Crippen molar-refractivity contribution in [2.75, 3.05) is 0 Å². The number of aromatic nitrogens is 4. The Morgan fingerprint density at radius 2 is 0.627 bits per heavy atom. The minimum atomic E-state index is 0. The van der Waals surface area contributed by atoms with Crippen LogP contribution in [0.25, 0.3) is 90.9 Å². The van der Waals surface area contributed by atoms with Crippen molar-refractivity contribution < 1.29 is 19.5 Å². The first-order valence-electron chi connectivity index (χ1n) is 19.9. The molecule has 9 rings (SSSR count). The number of fused-ring (bicyclic) bond motifs is 8. The van der Waals surface area contributed by atoms with E-state index in [-0.39, 0.29) is 19.5 Å². The van der Waals surface area contributed by atoms with Gasteiger partial charge in [0.2, 0.25) is 0 Å². The molecular formula is C53H45IN4Zn. The van der Waals surface area contributed by atoms with Crippen molar-refractivity contribution in [2.45, 2.75) is 62.3 Å². The standard InChI is InChI=1S/C53H45IN4.Zn/c1-28-22-31(4)47(32(5)23-28)51-41-16-14-39(55-41)50(37-10-12-38(54)13-11-37)40-15-17-42(56-40)52(48-33(6)24-29(2)25-34(48)7)44-19-21-46(58-44)53(45-20-18-43(51)57-45)49-35(8)26-30(3)27-36(49)9;/h10-27H,1-9H3;/q-2;+2. The zero-order valence-electron chi connectivity index (χ0n) is 35.3. The summed E-state index contributed by atoms with van der Waals surface area (Å²) in [5.41, 5.74) is 26.5. The Kier molecular flexibility index (Phi) is 10.9. The van der Waals surface area contributed by atoms with E-state index in [2.05, 4.69) is 194 Å². The zero-order valence-corrected chi connectivity index (χ0v) is 40.4. The molecule has 0 N–H and O–H groups in total. The van der Waals surface area contributed by atoms with Crippen LogP contribution in [0.2, 0.25) is 0 Å². The van der Waals surface area contributed by atoms with Crippen LogP contribution in [0, 0.1) is 65.9 Å². The smallest absolute Gasteiger partial charge is 0.657 e. The van der Waals surface area contributed by atoms with Crippen molar-refractivity contribution in [1.29, 1.82) is 0 Å². The van der Waals surface area contributed by atoms with Crippen LogP contribution in [0.4, 0.5) is 0 Å². The molecule has 59 heavy (non-hydrogen) atoms. The Morgan fingerprint density at radius 3 is 0.932 bits per heavy atom. The molecule has 6 heteroatoms. The molecule has 2 aliphatic heterocycles. The van der Waals surface area contributed by atoms with E-state index in [1.807, 2.05) is 0 Å². The summed E-state index contributed by atoms with van der Waals surface area (Å²) < 4.78 is 1.17. The Morgan fingerprint density at radius 1 is 0.356 bits per heavy atom. The average Bonchev–Trinajstić information content (AvgIpc) is 3.99. The summed E-state index contributed by atoms with van der Waals surface area (Å²) >= 11 is 2.37. The summed E-state index contributed by atoms with van der Waals surface area (Å²) in [7, 11) is 0. The Labute approximate surface area is 373 Å². The third-order valence-electron chi connectivity index (χ3n) is 11.5. The van der Waals surface area contributed by atoms with E-state index < -0.39 is 0 Å². The summed E-state index contributed by atoms with van der Waals surface area (Å²) in [5.74, 6) is 0. The predicted molar refractivity (Wildman–Crippen MR) is 254 cm³/mol.